The predicted octanol–water partition coefficient (Wildman–Crippen LogP) is 4.41. The molecule has 0 saturated carbocycles. The van der Waals surface area contributed by atoms with Crippen molar-refractivity contribution in [1.29, 1.82) is 0 Å². The van der Waals surface area contributed by atoms with E-state index in [0.29, 0.717) is 10.0 Å². The normalized spacial score (nSPS) is 11.2. The number of aromatic nitrogens is 1. The van der Waals surface area contributed by atoms with Gasteiger partial charge in [0.25, 0.3) is 0 Å². The van der Waals surface area contributed by atoms with Gasteiger partial charge in [-0.1, -0.05) is 29.3 Å². The van der Waals surface area contributed by atoms with Crippen LogP contribution in [-0.2, 0) is 9.47 Å². The molecule has 1 aromatic heterocycles. The van der Waals surface area contributed by atoms with Crippen LogP contribution in [0, 0.1) is 0 Å². The zero-order chi connectivity index (χ0) is 13.1. The number of methoxy groups -OCH3 is 2. The standard InChI is InChI=1S/C12H11Cl2NO2S/c1-16-12(17-2)10-6-18-11(15-10)7-3-4-8(13)9(14)5-7/h3-6,12H,1-2H3. The highest BCUT2D eigenvalue weighted by Crippen LogP contribution is 2.31. The van der Waals surface area contributed by atoms with Gasteiger partial charge in [0.05, 0.1) is 10.0 Å². The van der Waals surface area contributed by atoms with Crippen LogP contribution in [0.25, 0.3) is 10.6 Å². The molecule has 1 aromatic carbocycles. The lowest BCUT2D eigenvalue weighted by Gasteiger charge is -2.09. The minimum atomic E-state index is -0.447. The summed E-state index contributed by atoms with van der Waals surface area (Å²) in [6, 6.07) is 5.43. The molecule has 0 aliphatic carbocycles. The highest BCUT2D eigenvalue weighted by atomic mass is 35.5. The van der Waals surface area contributed by atoms with Crippen LogP contribution in [0.3, 0.4) is 0 Å². The van der Waals surface area contributed by atoms with Crippen LogP contribution in [0.4, 0.5) is 0 Å². The van der Waals surface area contributed by atoms with E-state index in [1.807, 2.05) is 11.4 Å². The molecular weight excluding hydrogens is 293 g/mol. The van der Waals surface area contributed by atoms with Crippen LogP contribution >= 0.6 is 34.5 Å². The second kappa shape index (κ2) is 5.99. The number of benzene rings is 1. The molecule has 0 N–H and O–H groups in total. The van der Waals surface area contributed by atoms with Crippen molar-refractivity contribution in [2.24, 2.45) is 0 Å². The van der Waals surface area contributed by atoms with Crippen LogP contribution in [0.15, 0.2) is 23.6 Å². The van der Waals surface area contributed by atoms with E-state index in [4.69, 9.17) is 32.7 Å². The Balaban J connectivity index is 2.31. The minimum Gasteiger partial charge on any atom is -0.350 e. The van der Waals surface area contributed by atoms with E-state index in [-0.39, 0.29) is 0 Å². The van der Waals surface area contributed by atoms with Gasteiger partial charge in [-0.15, -0.1) is 11.3 Å². The summed E-state index contributed by atoms with van der Waals surface area (Å²) >= 11 is 13.4. The van der Waals surface area contributed by atoms with Gasteiger partial charge in [-0.25, -0.2) is 4.98 Å². The van der Waals surface area contributed by atoms with Crippen molar-refractivity contribution in [1.82, 2.24) is 4.98 Å². The Morgan fingerprint density at radius 3 is 2.50 bits per heavy atom. The first-order valence-corrected chi connectivity index (χ1v) is 6.75. The summed E-state index contributed by atoms with van der Waals surface area (Å²) in [6.45, 7) is 0. The first kappa shape index (κ1) is 13.8. The number of halogens is 2. The first-order valence-electron chi connectivity index (χ1n) is 5.12. The molecular formula is C12H11Cl2NO2S. The Labute approximate surface area is 119 Å². The maximum atomic E-state index is 5.98. The van der Waals surface area contributed by atoms with E-state index in [1.165, 1.54) is 11.3 Å². The molecule has 3 nitrogen and oxygen atoms in total. The molecule has 0 saturated heterocycles. The van der Waals surface area contributed by atoms with Crippen LogP contribution in [0.2, 0.25) is 10.0 Å². The number of ether oxygens (including phenoxy) is 2. The number of rotatable bonds is 4. The Hall–Kier alpha value is -0.650. The molecule has 18 heavy (non-hydrogen) atoms. The monoisotopic (exact) mass is 303 g/mol. The summed E-state index contributed by atoms with van der Waals surface area (Å²) in [5.41, 5.74) is 1.66. The van der Waals surface area contributed by atoms with Gasteiger partial charge in [-0.05, 0) is 12.1 Å². The van der Waals surface area contributed by atoms with Crippen molar-refractivity contribution < 1.29 is 9.47 Å². The van der Waals surface area contributed by atoms with Gasteiger partial charge in [0.1, 0.15) is 10.7 Å². The number of hydrogen-bond acceptors (Lipinski definition) is 4. The van der Waals surface area contributed by atoms with Gasteiger partial charge < -0.3 is 9.47 Å². The third kappa shape index (κ3) is 2.84. The lowest BCUT2D eigenvalue weighted by molar-refractivity contribution is -0.108. The highest BCUT2D eigenvalue weighted by molar-refractivity contribution is 7.13. The smallest absolute Gasteiger partial charge is 0.201 e. The van der Waals surface area contributed by atoms with E-state index in [9.17, 15) is 0 Å². The topological polar surface area (TPSA) is 31.4 Å². The van der Waals surface area contributed by atoms with E-state index >= 15 is 0 Å². The molecule has 0 bridgehead atoms. The Morgan fingerprint density at radius 2 is 1.89 bits per heavy atom. The summed E-state index contributed by atoms with van der Waals surface area (Å²) < 4.78 is 10.3. The Bertz CT molecular complexity index is 541. The molecule has 0 unspecified atom stereocenters. The number of nitrogens with zero attached hydrogens (tertiary/aromatic N) is 1. The predicted molar refractivity (Wildman–Crippen MR) is 74.3 cm³/mol. The molecule has 96 valence electrons. The van der Waals surface area contributed by atoms with Crippen LogP contribution in [-0.4, -0.2) is 19.2 Å². The maximum absolute atomic E-state index is 5.98. The molecule has 0 aliphatic rings. The van der Waals surface area contributed by atoms with Gasteiger partial charge in [-0.3, -0.25) is 0 Å². The lowest BCUT2D eigenvalue weighted by atomic mass is 10.2. The van der Waals surface area contributed by atoms with Crippen molar-refractivity contribution in [3.8, 4) is 10.6 Å². The molecule has 0 radical (unpaired) electrons. The van der Waals surface area contributed by atoms with Crippen LogP contribution in [0.1, 0.15) is 12.0 Å². The Kier molecular flexibility index (Phi) is 4.59. The molecule has 0 spiro atoms. The molecule has 6 heteroatoms. The number of thiazole rings is 1. The molecule has 0 fully saturated rings. The van der Waals surface area contributed by atoms with Crippen molar-refractivity contribution in [2.75, 3.05) is 14.2 Å². The molecule has 2 aromatic rings. The highest BCUT2D eigenvalue weighted by Gasteiger charge is 2.14. The fraction of sp³-hybridized carbons (Fsp3) is 0.250. The van der Waals surface area contributed by atoms with Gasteiger partial charge >= 0.3 is 0 Å². The number of hydrogen-bond donors (Lipinski definition) is 0. The molecule has 0 atom stereocenters. The van der Waals surface area contributed by atoms with Gasteiger partial charge in [0.15, 0.2) is 0 Å². The zero-order valence-electron chi connectivity index (χ0n) is 9.81. The average molecular weight is 304 g/mol. The largest absolute Gasteiger partial charge is 0.350 e. The third-order valence-corrected chi connectivity index (χ3v) is 4.01. The van der Waals surface area contributed by atoms with Crippen molar-refractivity contribution in [3.05, 3.63) is 39.3 Å². The summed E-state index contributed by atoms with van der Waals surface area (Å²) in [6.07, 6.45) is -0.447. The van der Waals surface area contributed by atoms with E-state index in [2.05, 4.69) is 4.98 Å². The average Bonchev–Trinajstić information content (AvgIpc) is 2.84. The Morgan fingerprint density at radius 1 is 1.17 bits per heavy atom. The summed E-state index contributed by atoms with van der Waals surface area (Å²) in [7, 11) is 3.15. The lowest BCUT2D eigenvalue weighted by Crippen LogP contribution is -2.03. The SMILES string of the molecule is COC(OC)c1csc(-c2ccc(Cl)c(Cl)c2)n1. The summed E-state index contributed by atoms with van der Waals surface area (Å²) in [5.74, 6) is 0. The molecule has 0 amide bonds. The second-order valence-corrected chi connectivity index (χ2v) is 5.18. The van der Waals surface area contributed by atoms with Crippen molar-refractivity contribution >= 4 is 34.5 Å². The fourth-order valence-electron chi connectivity index (χ4n) is 1.49. The zero-order valence-corrected chi connectivity index (χ0v) is 12.1. The van der Waals surface area contributed by atoms with Gasteiger partial charge in [0.2, 0.25) is 6.29 Å². The summed E-state index contributed by atoms with van der Waals surface area (Å²) in [5, 5.41) is 3.79. The van der Waals surface area contributed by atoms with E-state index in [1.54, 1.807) is 26.4 Å². The maximum Gasteiger partial charge on any atom is 0.201 e. The van der Waals surface area contributed by atoms with Gasteiger partial charge in [-0.2, -0.15) is 0 Å². The van der Waals surface area contributed by atoms with E-state index in [0.717, 1.165) is 16.3 Å². The second-order valence-electron chi connectivity index (χ2n) is 3.51. The molecule has 0 aliphatic heterocycles. The fourth-order valence-corrected chi connectivity index (χ4v) is 2.61. The van der Waals surface area contributed by atoms with Crippen LogP contribution < -0.4 is 0 Å². The van der Waals surface area contributed by atoms with Crippen molar-refractivity contribution in [2.45, 2.75) is 6.29 Å². The minimum absolute atomic E-state index is 0.447. The third-order valence-electron chi connectivity index (χ3n) is 2.36. The quantitative estimate of drug-likeness (QED) is 0.784. The molecule has 2 rings (SSSR count). The van der Waals surface area contributed by atoms with Gasteiger partial charge in [0, 0.05) is 25.2 Å². The van der Waals surface area contributed by atoms with Crippen LogP contribution in [0.5, 0.6) is 0 Å². The first-order chi connectivity index (χ1) is 8.65. The summed E-state index contributed by atoms with van der Waals surface area (Å²) in [4.78, 5) is 4.46. The van der Waals surface area contributed by atoms with E-state index < -0.39 is 6.29 Å². The molecule has 1 heterocycles. The van der Waals surface area contributed by atoms with Crippen molar-refractivity contribution in [3.63, 3.8) is 0 Å².